The second-order valence-corrected chi connectivity index (χ2v) is 6.23. The molecular weight excluding hydrogens is 328 g/mol. The van der Waals surface area contributed by atoms with Crippen LogP contribution in [0.5, 0.6) is 0 Å². The molecule has 1 amide bonds. The average molecular weight is 352 g/mol. The van der Waals surface area contributed by atoms with E-state index in [0.29, 0.717) is 17.8 Å². The first-order valence-corrected chi connectivity index (χ1v) is 8.84. The molecule has 0 radical (unpaired) electrons. The summed E-state index contributed by atoms with van der Waals surface area (Å²) in [6.45, 7) is 9.48. The Kier molecular flexibility index (Phi) is 5.58. The van der Waals surface area contributed by atoms with Crippen LogP contribution < -0.4 is 5.32 Å². The molecule has 7 heteroatoms. The van der Waals surface area contributed by atoms with Gasteiger partial charge in [0.25, 0.3) is 5.91 Å². The molecule has 0 aliphatic heterocycles. The molecular formula is C19H24N6O. The quantitative estimate of drug-likeness (QED) is 0.705. The van der Waals surface area contributed by atoms with Crippen LogP contribution in [0.15, 0.2) is 37.1 Å². The lowest BCUT2D eigenvalue weighted by atomic mass is 10.1. The molecule has 136 valence electrons. The van der Waals surface area contributed by atoms with Gasteiger partial charge in [-0.05, 0) is 37.2 Å². The lowest BCUT2D eigenvalue weighted by molar-refractivity contribution is 0.0952. The number of nitrogens with zero attached hydrogens (tertiary/aromatic N) is 5. The summed E-state index contributed by atoms with van der Waals surface area (Å²) in [5.74, 6) is -0.180. The van der Waals surface area contributed by atoms with Crippen molar-refractivity contribution < 1.29 is 4.79 Å². The molecule has 0 bridgehead atoms. The van der Waals surface area contributed by atoms with Crippen molar-refractivity contribution in [2.24, 2.45) is 0 Å². The maximum absolute atomic E-state index is 12.5. The van der Waals surface area contributed by atoms with Crippen molar-refractivity contribution >= 4 is 11.6 Å². The lowest BCUT2D eigenvalue weighted by Crippen LogP contribution is -2.23. The topological polar surface area (TPSA) is 75.4 Å². The van der Waals surface area contributed by atoms with E-state index in [1.165, 1.54) is 0 Å². The molecule has 0 saturated heterocycles. The van der Waals surface area contributed by atoms with E-state index in [0.717, 1.165) is 36.3 Å². The zero-order valence-corrected chi connectivity index (χ0v) is 15.4. The summed E-state index contributed by atoms with van der Waals surface area (Å²) in [5.41, 5.74) is 4.21. The number of aryl methyl sites for hydroxylation is 1. The number of pyridine rings is 1. The van der Waals surface area contributed by atoms with E-state index in [1.54, 1.807) is 23.1 Å². The van der Waals surface area contributed by atoms with Crippen molar-refractivity contribution in [3.63, 3.8) is 0 Å². The van der Waals surface area contributed by atoms with E-state index in [4.69, 9.17) is 0 Å². The van der Waals surface area contributed by atoms with Crippen LogP contribution >= 0.6 is 0 Å². The van der Waals surface area contributed by atoms with Gasteiger partial charge in [-0.25, -0.2) is 9.50 Å². The molecule has 3 rings (SSSR count). The number of nitrogens with one attached hydrogen (secondary N) is 1. The molecule has 0 unspecified atom stereocenters. The van der Waals surface area contributed by atoms with Gasteiger partial charge in [0, 0.05) is 43.4 Å². The van der Waals surface area contributed by atoms with Crippen LogP contribution in [0.2, 0.25) is 0 Å². The van der Waals surface area contributed by atoms with Crippen molar-refractivity contribution in [3.05, 3.63) is 59.3 Å². The highest BCUT2D eigenvalue weighted by Gasteiger charge is 2.14. The predicted molar refractivity (Wildman–Crippen MR) is 99.8 cm³/mol. The first kappa shape index (κ1) is 18.0. The fraction of sp³-hybridized carbons (Fsp3) is 0.368. The number of fused-ring (bicyclic) bond motifs is 1. The van der Waals surface area contributed by atoms with Crippen molar-refractivity contribution in [3.8, 4) is 0 Å². The number of aromatic nitrogens is 4. The highest BCUT2D eigenvalue weighted by atomic mass is 16.1. The van der Waals surface area contributed by atoms with Crippen LogP contribution in [0.3, 0.4) is 0 Å². The Morgan fingerprint density at radius 3 is 2.77 bits per heavy atom. The van der Waals surface area contributed by atoms with Crippen LogP contribution in [0.25, 0.3) is 5.65 Å². The number of carbonyl (C=O) groups excluding carboxylic acids is 1. The van der Waals surface area contributed by atoms with Gasteiger partial charge in [-0.1, -0.05) is 13.8 Å². The summed E-state index contributed by atoms with van der Waals surface area (Å²) in [7, 11) is 0. The average Bonchev–Trinajstić information content (AvgIpc) is 3.08. The Hall–Kier alpha value is -2.80. The number of rotatable bonds is 7. The van der Waals surface area contributed by atoms with Gasteiger partial charge in [-0.15, -0.1) is 0 Å². The largest absolute Gasteiger partial charge is 0.348 e. The molecule has 7 nitrogen and oxygen atoms in total. The maximum Gasteiger partial charge on any atom is 0.257 e. The third-order valence-electron chi connectivity index (χ3n) is 4.53. The summed E-state index contributed by atoms with van der Waals surface area (Å²) in [6.07, 6.45) is 8.83. The van der Waals surface area contributed by atoms with E-state index in [1.807, 2.05) is 25.4 Å². The van der Waals surface area contributed by atoms with Gasteiger partial charge in [0.2, 0.25) is 0 Å². The summed E-state index contributed by atoms with van der Waals surface area (Å²) < 4.78 is 1.67. The van der Waals surface area contributed by atoms with Gasteiger partial charge in [-0.2, -0.15) is 5.10 Å². The van der Waals surface area contributed by atoms with E-state index < -0.39 is 0 Å². The van der Waals surface area contributed by atoms with Crippen LogP contribution in [0.4, 0.5) is 0 Å². The fourth-order valence-corrected chi connectivity index (χ4v) is 2.83. The lowest BCUT2D eigenvalue weighted by Gasteiger charge is -2.17. The van der Waals surface area contributed by atoms with Gasteiger partial charge in [0.05, 0.1) is 6.20 Å². The van der Waals surface area contributed by atoms with E-state index in [9.17, 15) is 4.79 Å². The molecule has 26 heavy (non-hydrogen) atoms. The second-order valence-electron chi connectivity index (χ2n) is 6.23. The maximum atomic E-state index is 12.5. The number of amides is 1. The zero-order valence-electron chi connectivity index (χ0n) is 15.4. The smallest absolute Gasteiger partial charge is 0.257 e. The number of hydrogen-bond donors (Lipinski definition) is 1. The molecule has 1 N–H and O–H groups in total. The van der Waals surface area contributed by atoms with Gasteiger partial charge >= 0.3 is 0 Å². The third-order valence-corrected chi connectivity index (χ3v) is 4.53. The summed E-state index contributed by atoms with van der Waals surface area (Å²) in [6, 6.07) is 1.91. The van der Waals surface area contributed by atoms with Crippen LogP contribution in [0, 0.1) is 6.92 Å². The monoisotopic (exact) mass is 352 g/mol. The Bertz CT molecular complexity index is 900. The molecule has 0 aliphatic carbocycles. The Labute approximate surface area is 153 Å². The van der Waals surface area contributed by atoms with E-state index in [2.05, 4.69) is 39.1 Å². The normalized spacial score (nSPS) is 11.2. The van der Waals surface area contributed by atoms with Crippen molar-refractivity contribution in [1.29, 1.82) is 0 Å². The molecule has 0 aliphatic rings. The molecule has 0 saturated carbocycles. The highest BCUT2D eigenvalue weighted by Crippen LogP contribution is 2.11. The SMILES string of the molecule is CCN(CC)Cc1cnc2c(C(=O)NCc3ccncc3C)cnn2c1. The summed E-state index contributed by atoms with van der Waals surface area (Å²) in [5, 5.41) is 7.23. The summed E-state index contributed by atoms with van der Waals surface area (Å²) >= 11 is 0. The van der Waals surface area contributed by atoms with E-state index >= 15 is 0 Å². The zero-order chi connectivity index (χ0) is 18.5. The Balaban J connectivity index is 1.74. The van der Waals surface area contributed by atoms with Gasteiger partial charge in [-0.3, -0.25) is 14.7 Å². The Morgan fingerprint density at radius 2 is 2.04 bits per heavy atom. The molecule has 0 fully saturated rings. The Morgan fingerprint density at radius 1 is 1.23 bits per heavy atom. The number of hydrogen-bond acceptors (Lipinski definition) is 5. The first-order valence-electron chi connectivity index (χ1n) is 8.84. The minimum atomic E-state index is -0.180. The predicted octanol–water partition coefficient (Wildman–Crippen LogP) is 2.20. The fourth-order valence-electron chi connectivity index (χ4n) is 2.83. The van der Waals surface area contributed by atoms with Gasteiger partial charge in [0.15, 0.2) is 5.65 Å². The number of carbonyl (C=O) groups is 1. The van der Waals surface area contributed by atoms with Crippen molar-refractivity contribution in [2.75, 3.05) is 13.1 Å². The van der Waals surface area contributed by atoms with Gasteiger partial charge < -0.3 is 5.32 Å². The first-order chi connectivity index (χ1) is 12.6. The van der Waals surface area contributed by atoms with Crippen LogP contribution in [0.1, 0.15) is 40.9 Å². The van der Waals surface area contributed by atoms with Crippen molar-refractivity contribution in [1.82, 2.24) is 29.8 Å². The van der Waals surface area contributed by atoms with Gasteiger partial charge in [0.1, 0.15) is 5.56 Å². The molecule has 3 aromatic rings. The molecule has 3 heterocycles. The second kappa shape index (κ2) is 8.05. The minimum Gasteiger partial charge on any atom is -0.348 e. The molecule has 3 aromatic heterocycles. The summed E-state index contributed by atoms with van der Waals surface area (Å²) in [4.78, 5) is 23.4. The third kappa shape index (κ3) is 3.88. The van der Waals surface area contributed by atoms with Crippen LogP contribution in [-0.4, -0.2) is 43.5 Å². The minimum absolute atomic E-state index is 0.180. The highest BCUT2D eigenvalue weighted by molar-refractivity contribution is 5.99. The van der Waals surface area contributed by atoms with E-state index in [-0.39, 0.29) is 5.91 Å². The molecule has 0 atom stereocenters. The standard InChI is InChI=1S/C19H24N6O/c1-4-24(5-2)12-15-9-21-18-17(11-23-25(18)13-15)19(26)22-10-16-6-7-20-8-14(16)3/h6-9,11,13H,4-5,10,12H2,1-3H3,(H,22,26). The molecule has 0 aromatic carbocycles. The molecule has 0 spiro atoms. The van der Waals surface area contributed by atoms with Crippen molar-refractivity contribution in [2.45, 2.75) is 33.9 Å². The van der Waals surface area contributed by atoms with Crippen LogP contribution in [-0.2, 0) is 13.1 Å².